The Morgan fingerprint density at radius 1 is 1.50 bits per heavy atom. The van der Waals surface area contributed by atoms with Crippen LogP contribution in [0, 0.1) is 5.82 Å². The molecule has 0 spiro atoms. The number of sulfonamides is 1. The molecule has 10 heteroatoms. The fraction of sp³-hybridized carbons (Fsp3) is 0.300. The van der Waals surface area contributed by atoms with E-state index in [1.54, 1.807) is 4.72 Å². The largest absolute Gasteiger partial charge is 0.480 e. The topological polar surface area (TPSA) is 139 Å². The van der Waals surface area contributed by atoms with Crippen LogP contribution in [0.2, 0.25) is 0 Å². The molecule has 1 atom stereocenters. The van der Waals surface area contributed by atoms with Gasteiger partial charge in [0.15, 0.2) is 5.82 Å². The molecule has 0 saturated carbocycles. The standard InChI is InChI=1S/C10H12FN3O5S/c11-6-2-1-5-13-9(6)20(18,19)14-7(10(16)17)3-4-8(12)15/h1-2,5,7,14H,3-4H2,(H2,12,15)(H,16,17)/t7-/m0/s1. The molecule has 4 N–H and O–H groups in total. The van der Waals surface area contributed by atoms with Crippen LogP contribution in [0.4, 0.5) is 4.39 Å². The molecule has 1 aromatic rings. The second-order valence-corrected chi connectivity index (χ2v) is 5.44. The molecule has 0 aliphatic rings. The molecular formula is C10H12FN3O5S. The smallest absolute Gasteiger partial charge is 0.321 e. The molecule has 0 aliphatic carbocycles. The van der Waals surface area contributed by atoms with Crippen molar-refractivity contribution in [3.8, 4) is 0 Å². The van der Waals surface area contributed by atoms with Gasteiger partial charge in [-0.2, -0.15) is 4.72 Å². The van der Waals surface area contributed by atoms with E-state index in [0.717, 1.165) is 12.3 Å². The number of nitrogens with one attached hydrogen (secondary N) is 1. The van der Waals surface area contributed by atoms with E-state index >= 15 is 0 Å². The number of amides is 1. The monoisotopic (exact) mass is 305 g/mol. The normalized spacial score (nSPS) is 12.8. The molecule has 1 rings (SSSR count). The molecule has 8 nitrogen and oxygen atoms in total. The lowest BCUT2D eigenvalue weighted by Gasteiger charge is -2.13. The van der Waals surface area contributed by atoms with Crippen LogP contribution in [-0.2, 0) is 19.6 Å². The van der Waals surface area contributed by atoms with Crippen LogP contribution >= 0.6 is 0 Å². The number of carboxylic acids is 1. The molecule has 0 aromatic carbocycles. The molecule has 1 heterocycles. The number of aromatic nitrogens is 1. The first-order valence-corrected chi connectivity index (χ1v) is 6.86. The lowest BCUT2D eigenvalue weighted by atomic mass is 10.2. The van der Waals surface area contributed by atoms with Crippen LogP contribution in [0.5, 0.6) is 0 Å². The molecule has 1 aromatic heterocycles. The molecular weight excluding hydrogens is 293 g/mol. The van der Waals surface area contributed by atoms with Gasteiger partial charge < -0.3 is 10.8 Å². The first-order chi connectivity index (χ1) is 9.24. The molecule has 20 heavy (non-hydrogen) atoms. The zero-order valence-electron chi connectivity index (χ0n) is 10.1. The molecule has 0 unspecified atom stereocenters. The number of carbonyl (C=O) groups is 2. The number of primary amides is 1. The van der Waals surface area contributed by atoms with Gasteiger partial charge in [0.1, 0.15) is 6.04 Å². The summed E-state index contributed by atoms with van der Waals surface area (Å²) in [6.07, 6.45) is 0.374. The van der Waals surface area contributed by atoms with Crippen LogP contribution in [0.15, 0.2) is 23.4 Å². The summed E-state index contributed by atoms with van der Waals surface area (Å²) in [6, 6.07) is 0.463. The van der Waals surface area contributed by atoms with Crippen molar-refractivity contribution in [3.05, 3.63) is 24.1 Å². The maximum atomic E-state index is 13.3. The molecule has 1 amide bonds. The van der Waals surface area contributed by atoms with Crippen LogP contribution in [0.1, 0.15) is 12.8 Å². The minimum absolute atomic E-state index is 0.329. The summed E-state index contributed by atoms with van der Waals surface area (Å²) in [4.78, 5) is 24.9. The first kappa shape index (κ1) is 16.0. The summed E-state index contributed by atoms with van der Waals surface area (Å²) in [5, 5.41) is 7.96. The Morgan fingerprint density at radius 2 is 2.15 bits per heavy atom. The third kappa shape index (κ3) is 4.24. The van der Waals surface area contributed by atoms with E-state index in [0.29, 0.717) is 0 Å². The number of carbonyl (C=O) groups excluding carboxylic acids is 1. The number of hydrogen-bond acceptors (Lipinski definition) is 5. The van der Waals surface area contributed by atoms with Gasteiger partial charge >= 0.3 is 5.97 Å². The second kappa shape index (κ2) is 6.39. The fourth-order valence-corrected chi connectivity index (χ4v) is 2.56. The zero-order valence-corrected chi connectivity index (χ0v) is 10.9. The molecule has 110 valence electrons. The highest BCUT2D eigenvalue weighted by molar-refractivity contribution is 7.89. The van der Waals surface area contributed by atoms with Crippen LogP contribution in [0.25, 0.3) is 0 Å². The Kier molecular flexibility index (Phi) is 5.11. The number of aliphatic carboxylic acids is 1. The molecule has 0 saturated heterocycles. The Hall–Kier alpha value is -2.07. The van der Waals surface area contributed by atoms with Crippen molar-refractivity contribution >= 4 is 21.9 Å². The first-order valence-electron chi connectivity index (χ1n) is 5.38. The summed E-state index contributed by atoms with van der Waals surface area (Å²) in [5.74, 6) is -3.40. The van der Waals surface area contributed by atoms with Gasteiger partial charge in [0.2, 0.25) is 10.9 Å². The molecule has 0 bridgehead atoms. The minimum atomic E-state index is -4.45. The van der Waals surface area contributed by atoms with E-state index in [2.05, 4.69) is 4.98 Å². The number of hydrogen-bond donors (Lipinski definition) is 3. The summed E-state index contributed by atoms with van der Waals surface area (Å²) in [6.45, 7) is 0. The van der Waals surface area contributed by atoms with Gasteiger partial charge in [0, 0.05) is 12.6 Å². The Bertz CT molecular complexity index is 619. The SMILES string of the molecule is NC(=O)CC[C@H](NS(=O)(=O)c1ncccc1F)C(=O)O. The number of rotatable bonds is 7. The highest BCUT2D eigenvalue weighted by Gasteiger charge is 2.28. The third-order valence-corrected chi connectivity index (χ3v) is 3.66. The maximum Gasteiger partial charge on any atom is 0.321 e. The number of nitrogens with zero attached hydrogens (tertiary/aromatic N) is 1. The van der Waals surface area contributed by atoms with Crippen molar-refractivity contribution in [1.82, 2.24) is 9.71 Å². The van der Waals surface area contributed by atoms with Crippen LogP contribution in [0.3, 0.4) is 0 Å². The molecule has 0 radical (unpaired) electrons. The summed E-state index contributed by atoms with van der Waals surface area (Å²) < 4.78 is 38.8. The number of pyridine rings is 1. The number of halogens is 1. The van der Waals surface area contributed by atoms with Crippen molar-refractivity contribution in [3.63, 3.8) is 0 Å². The van der Waals surface area contributed by atoms with E-state index < -0.39 is 38.8 Å². The second-order valence-electron chi connectivity index (χ2n) is 3.81. The Labute approximate surface area is 113 Å². The van der Waals surface area contributed by atoms with Gasteiger partial charge in [-0.25, -0.2) is 17.8 Å². The highest BCUT2D eigenvalue weighted by atomic mass is 32.2. The third-order valence-electron chi connectivity index (χ3n) is 2.25. The predicted octanol–water partition coefficient (Wildman–Crippen LogP) is -0.782. The van der Waals surface area contributed by atoms with Crippen molar-refractivity contribution in [2.24, 2.45) is 5.73 Å². The van der Waals surface area contributed by atoms with Crippen LogP contribution in [-0.4, -0.2) is 36.4 Å². The van der Waals surface area contributed by atoms with E-state index in [1.807, 2.05) is 0 Å². The lowest BCUT2D eigenvalue weighted by Crippen LogP contribution is -2.41. The van der Waals surface area contributed by atoms with E-state index in [-0.39, 0.29) is 12.8 Å². The maximum absolute atomic E-state index is 13.3. The van der Waals surface area contributed by atoms with Crippen LogP contribution < -0.4 is 10.5 Å². The average Bonchev–Trinajstić information content (AvgIpc) is 2.34. The quantitative estimate of drug-likeness (QED) is 0.603. The average molecular weight is 305 g/mol. The molecule has 0 aliphatic heterocycles. The predicted molar refractivity (Wildman–Crippen MR) is 64.4 cm³/mol. The Morgan fingerprint density at radius 3 is 2.65 bits per heavy atom. The van der Waals surface area contributed by atoms with Crippen molar-refractivity contribution in [2.75, 3.05) is 0 Å². The Balaban J connectivity index is 2.95. The highest BCUT2D eigenvalue weighted by Crippen LogP contribution is 2.11. The van der Waals surface area contributed by atoms with Crippen molar-refractivity contribution in [1.29, 1.82) is 0 Å². The van der Waals surface area contributed by atoms with E-state index in [4.69, 9.17) is 10.8 Å². The molecule has 0 fully saturated rings. The van der Waals surface area contributed by atoms with Crippen molar-refractivity contribution in [2.45, 2.75) is 23.9 Å². The fourth-order valence-electron chi connectivity index (χ4n) is 1.33. The van der Waals surface area contributed by atoms with Gasteiger partial charge in [-0.3, -0.25) is 9.59 Å². The summed E-state index contributed by atoms with van der Waals surface area (Å²) in [5.41, 5.74) is 4.86. The van der Waals surface area contributed by atoms with Gasteiger partial charge in [-0.1, -0.05) is 0 Å². The van der Waals surface area contributed by atoms with E-state index in [9.17, 15) is 22.4 Å². The lowest BCUT2D eigenvalue weighted by molar-refractivity contribution is -0.139. The zero-order chi connectivity index (χ0) is 15.3. The van der Waals surface area contributed by atoms with Gasteiger partial charge in [0.25, 0.3) is 10.0 Å². The number of carboxylic acid groups (broad SMARTS) is 1. The number of nitrogens with two attached hydrogens (primary N) is 1. The van der Waals surface area contributed by atoms with Gasteiger partial charge in [-0.15, -0.1) is 0 Å². The van der Waals surface area contributed by atoms with Gasteiger partial charge in [0.05, 0.1) is 0 Å². The summed E-state index contributed by atoms with van der Waals surface area (Å²) in [7, 11) is -4.45. The van der Waals surface area contributed by atoms with Crippen molar-refractivity contribution < 1.29 is 27.5 Å². The van der Waals surface area contributed by atoms with Gasteiger partial charge in [-0.05, 0) is 18.6 Å². The minimum Gasteiger partial charge on any atom is -0.480 e. The van der Waals surface area contributed by atoms with E-state index in [1.165, 1.54) is 6.07 Å². The summed E-state index contributed by atoms with van der Waals surface area (Å²) >= 11 is 0.